The van der Waals surface area contributed by atoms with Crippen molar-refractivity contribution in [1.82, 2.24) is 24.4 Å². The standard InChI is InChI=1S/C26H27N5O/c1-17-8-7-12-27-25(17)31-18(2)14-21(19(31)3)15-30-13-11-23-22(16-30)26(32)29-24(28-23)20-9-5-4-6-10-20/h4-10,12,14H,11,13,15-16H2,1-3H3,(H,28,29,32). The molecule has 0 atom stereocenters. The van der Waals surface area contributed by atoms with E-state index in [1.54, 1.807) is 0 Å². The van der Waals surface area contributed by atoms with Gasteiger partial charge in [0.2, 0.25) is 0 Å². The molecule has 0 saturated heterocycles. The van der Waals surface area contributed by atoms with Gasteiger partial charge in [-0.05, 0) is 44.0 Å². The zero-order chi connectivity index (χ0) is 22.2. The summed E-state index contributed by atoms with van der Waals surface area (Å²) in [5.41, 5.74) is 7.38. The van der Waals surface area contributed by atoms with Crippen LogP contribution in [0.1, 0.15) is 33.8 Å². The van der Waals surface area contributed by atoms with Crippen LogP contribution in [-0.2, 0) is 19.5 Å². The lowest BCUT2D eigenvalue weighted by Gasteiger charge is -2.27. The van der Waals surface area contributed by atoms with Crippen LogP contribution in [0.25, 0.3) is 17.2 Å². The third-order valence-corrected chi connectivity index (χ3v) is 6.32. The zero-order valence-electron chi connectivity index (χ0n) is 18.7. The molecule has 1 aliphatic heterocycles. The Labute approximate surface area is 187 Å². The molecule has 0 saturated carbocycles. The Kier molecular flexibility index (Phi) is 5.23. The summed E-state index contributed by atoms with van der Waals surface area (Å²) < 4.78 is 2.23. The van der Waals surface area contributed by atoms with Crippen molar-refractivity contribution in [2.75, 3.05) is 6.54 Å². The first kappa shape index (κ1) is 20.4. The first-order valence-electron chi connectivity index (χ1n) is 11.0. The predicted octanol–water partition coefficient (Wildman–Crippen LogP) is 4.11. The van der Waals surface area contributed by atoms with Gasteiger partial charge in [0.05, 0.1) is 11.3 Å². The van der Waals surface area contributed by atoms with Crippen molar-refractivity contribution in [3.8, 4) is 17.2 Å². The van der Waals surface area contributed by atoms with Gasteiger partial charge >= 0.3 is 0 Å². The monoisotopic (exact) mass is 425 g/mol. The molecule has 0 fully saturated rings. The van der Waals surface area contributed by atoms with Gasteiger partial charge in [0.1, 0.15) is 11.6 Å². The Morgan fingerprint density at radius 1 is 1.06 bits per heavy atom. The van der Waals surface area contributed by atoms with E-state index < -0.39 is 0 Å². The normalized spacial score (nSPS) is 13.8. The quantitative estimate of drug-likeness (QED) is 0.534. The number of hydrogen-bond acceptors (Lipinski definition) is 4. The minimum Gasteiger partial charge on any atom is -0.306 e. The van der Waals surface area contributed by atoms with E-state index in [4.69, 9.17) is 4.98 Å². The van der Waals surface area contributed by atoms with Gasteiger partial charge in [0.15, 0.2) is 0 Å². The first-order chi connectivity index (χ1) is 15.5. The Bertz CT molecular complexity index is 1340. The number of hydrogen-bond donors (Lipinski definition) is 1. The second-order valence-corrected chi connectivity index (χ2v) is 8.54. The summed E-state index contributed by atoms with van der Waals surface area (Å²) >= 11 is 0. The van der Waals surface area contributed by atoms with E-state index in [9.17, 15) is 4.79 Å². The van der Waals surface area contributed by atoms with Crippen molar-refractivity contribution in [3.05, 3.63) is 98.9 Å². The van der Waals surface area contributed by atoms with Crippen molar-refractivity contribution in [1.29, 1.82) is 0 Å². The highest BCUT2D eigenvalue weighted by Gasteiger charge is 2.23. The maximum absolute atomic E-state index is 12.9. The van der Waals surface area contributed by atoms with Gasteiger partial charge in [-0.1, -0.05) is 36.4 Å². The highest BCUT2D eigenvalue weighted by Crippen LogP contribution is 2.25. The molecule has 3 aromatic heterocycles. The number of fused-ring (bicyclic) bond motifs is 1. The summed E-state index contributed by atoms with van der Waals surface area (Å²) in [6.45, 7) is 8.64. The van der Waals surface area contributed by atoms with Crippen molar-refractivity contribution < 1.29 is 0 Å². The van der Waals surface area contributed by atoms with Crippen LogP contribution in [-0.4, -0.2) is 31.0 Å². The van der Waals surface area contributed by atoms with Crippen LogP contribution in [0.2, 0.25) is 0 Å². The van der Waals surface area contributed by atoms with Crippen LogP contribution < -0.4 is 5.56 Å². The molecular formula is C26H27N5O. The fourth-order valence-corrected chi connectivity index (χ4v) is 4.62. The van der Waals surface area contributed by atoms with Crippen LogP contribution in [0.15, 0.2) is 59.5 Å². The van der Waals surface area contributed by atoms with Gasteiger partial charge in [0, 0.05) is 49.2 Å². The van der Waals surface area contributed by atoms with E-state index in [2.05, 4.69) is 52.3 Å². The summed E-state index contributed by atoms with van der Waals surface area (Å²) in [7, 11) is 0. The van der Waals surface area contributed by atoms with Crippen LogP contribution in [0.3, 0.4) is 0 Å². The molecule has 6 nitrogen and oxygen atoms in total. The van der Waals surface area contributed by atoms with Gasteiger partial charge < -0.3 is 9.55 Å². The second-order valence-electron chi connectivity index (χ2n) is 8.54. The Hall–Kier alpha value is -3.51. The number of benzene rings is 1. The molecule has 6 heteroatoms. The fourth-order valence-electron chi connectivity index (χ4n) is 4.62. The van der Waals surface area contributed by atoms with E-state index in [-0.39, 0.29) is 5.56 Å². The molecule has 0 aliphatic carbocycles. The van der Waals surface area contributed by atoms with Crippen molar-refractivity contribution >= 4 is 0 Å². The fraction of sp³-hybridized carbons (Fsp3) is 0.269. The number of nitrogens with one attached hydrogen (secondary N) is 1. The summed E-state index contributed by atoms with van der Waals surface area (Å²) in [4.78, 5) is 27.6. The summed E-state index contributed by atoms with van der Waals surface area (Å²) in [5.74, 6) is 1.63. The predicted molar refractivity (Wildman–Crippen MR) is 126 cm³/mol. The molecule has 1 aliphatic rings. The molecule has 0 radical (unpaired) electrons. The maximum Gasteiger partial charge on any atom is 0.255 e. The summed E-state index contributed by atoms with van der Waals surface area (Å²) in [6.07, 6.45) is 2.61. The van der Waals surface area contributed by atoms with Crippen molar-refractivity contribution in [2.45, 2.75) is 40.3 Å². The molecule has 162 valence electrons. The largest absolute Gasteiger partial charge is 0.306 e. The minimum atomic E-state index is -0.0341. The molecule has 32 heavy (non-hydrogen) atoms. The number of aromatic amines is 1. The molecule has 0 spiro atoms. The average molecular weight is 426 g/mol. The Balaban J connectivity index is 1.40. The number of H-pyrrole nitrogens is 1. The van der Waals surface area contributed by atoms with E-state index in [1.165, 1.54) is 17.0 Å². The third kappa shape index (κ3) is 3.67. The highest BCUT2D eigenvalue weighted by atomic mass is 16.1. The smallest absolute Gasteiger partial charge is 0.255 e. The molecule has 4 aromatic rings. The molecule has 1 N–H and O–H groups in total. The lowest BCUT2D eigenvalue weighted by Crippen LogP contribution is -2.35. The SMILES string of the molecule is Cc1cccnc1-n1c(C)cc(CN2CCc3nc(-c4ccccc4)[nH]c(=O)c3C2)c1C. The van der Waals surface area contributed by atoms with E-state index in [1.807, 2.05) is 42.6 Å². The van der Waals surface area contributed by atoms with Crippen molar-refractivity contribution in [2.24, 2.45) is 0 Å². The van der Waals surface area contributed by atoms with E-state index in [0.717, 1.165) is 47.7 Å². The lowest BCUT2D eigenvalue weighted by molar-refractivity contribution is 0.241. The number of aryl methyl sites for hydroxylation is 2. The van der Waals surface area contributed by atoms with Gasteiger partial charge in [0.25, 0.3) is 5.56 Å². The van der Waals surface area contributed by atoms with Crippen LogP contribution in [0, 0.1) is 20.8 Å². The first-order valence-corrected chi connectivity index (χ1v) is 11.0. The van der Waals surface area contributed by atoms with Crippen LogP contribution in [0.5, 0.6) is 0 Å². The highest BCUT2D eigenvalue weighted by molar-refractivity contribution is 5.54. The van der Waals surface area contributed by atoms with Crippen LogP contribution in [0.4, 0.5) is 0 Å². The lowest BCUT2D eigenvalue weighted by atomic mass is 10.1. The average Bonchev–Trinajstić information content (AvgIpc) is 3.07. The summed E-state index contributed by atoms with van der Waals surface area (Å²) in [6, 6.07) is 16.1. The van der Waals surface area contributed by atoms with Gasteiger partial charge in [-0.2, -0.15) is 0 Å². The number of pyridine rings is 1. The van der Waals surface area contributed by atoms with Gasteiger partial charge in [-0.25, -0.2) is 9.97 Å². The van der Waals surface area contributed by atoms with E-state index >= 15 is 0 Å². The third-order valence-electron chi connectivity index (χ3n) is 6.32. The zero-order valence-corrected chi connectivity index (χ0v) is 18.7. The molecule has 1 aromatic carbocycles. The number of nitrogens with zero attached hydrogens (tertiary/aromatic N) is 4. The molecular weight excluding hydrogens is 398 g/mol. The maximum atomic E-state index is 12.9. The second kappa shape index (κ2) is 8.20. The Morgan fingerprint density at radius 2 is 1.88 bits per heavy atom. The topological polar surface area (TPSA) is 66.8 Å². The minimum absolute atomic E-state index is 0.0341. The molecule has 0 unspecified atom stereocenters. The van der Waals surface area contributed by atoms with Crippen LogP contribution >= 0.6 is 0 Å². The van der Waals surface area contributed by atoms with E-state index in [0.29, 0.717) is 12.4 Å². The Morgan fingerprint density at radius 3 is 2.66 bits per heavy atom. The number of aromatic nitrogens is 4. The molecule has 5 rings (SSSR count). The van der Waals surface area contributed by atoms with Gasteiger partial charge in [-0.3, -0.25) is 9.69 Å². The number of rotatable bonds is 4. The summed E-state index contributed by atoms with van der Waals surface area (Å²) in [5, 5.41) is 0. The van der Waals surface area contributed by atoms with Gasteiger partial charge in [-0.15, -0.1) is 0 Å². The van der Waals surface area contributed by atoms with Crippen molar-refractivity contribution in [3.63, 3.8) is 0 Å². The molecule has 0 bridgehead atoms. The molecule has 4 heterocycles. The molecule has 0 amide bonds.